The van der Waals surface area contributed by atoms with E-state index in [1.54, 1.807) is 0 Å². The summed E-state index contributed by atoms with van der Waals surface area (Å²) in [7, 11) is 0. The minimum Gasteiger partial charge on any atom is -0.394 e. The van der Waals surface area contributed by atoms with E-state index in [-0.39, 0.29) is 90.9 Å². The summed E-state index contributed by atoms with van der Waals surface area (Å²) in [6, 6.07) is -3.42. The quantitative estimate of drug-likeness (QED) is 0.0319. The maximum Gasteiger partial charge on any atom is 0.222 e. The van der Waals surface area contributed by atoms with E-state index in [9.17, 15) is 59.4 Å². The highest BCUT2D eigenvalue weighted by Crippen LogP contribution is 2.25. The van der Waals surface area contributed by atoms with Crippen LogP contribution in [0.1, 0.15) is 52.9 Å². The number of aliphatic hydroxyl groups is 6. The summed E-state index contributed by atoms with van der Waals surface area (Å²) in [5.41, 5.74) is 0. The Kier molecular flexibility index (Phi) is 24.3. The smallest absolute Gasteiger partial charge is 0.222 e. The van der Waals surface area contributed by atoms with E-state index in [0.717, 1.165) is 0 Å². The molecule has 11 atom stereocenters. The zero-order valence-electron chi connectivity index (χ0n) is 33.2. The fourth-order valence-corrected chi connectivity index (χ4v) is 6.04. The molecule has 0 aliphatic carbocycles. The molecule has 2 heterocycles. The fourth-order valence-electron chi connectivity index (χ4n) is 6.04. The lowest BCUT2D eigenvalue weighted by Gasteiger charge is -2.42. The van der Waals surface area contributed by atoms with E-state index in [2.05, 4.69) is 16.0 Å². The van der Waals surface area contributed by atoms with Crippen LogP contribution in [0.3, 0.4) is 0 Å². The first-order chi connectivity index (χ1) is 27.6. The summed E-state index contributed by atoms with van der Waals surface area (Å²) in [5.74, 6) is -2.85. The van der Waals surface area contributed by atoms with Gasteiger partial charge in [0.15, 0.2) is 17.9 Å². The maximum atomic E-state index is 12.9. The molecule has 0 spiro atoms. The molecule has 0 aromatic heterocycles. The van der Waals surface area contributed by atoms with Gasteiger partial charge < -0.3 is 79.7 Å². The molecule has 3 amide bonds. The SMILES string of the molecule is CC(=O)NC1C(CC(=O)C[C@H](NC(=O)CCOCCOCCOCCOCCCC(=O)COC2OC(CO)C(O)C(O)C2NC(C)=O)C(C)=O)OC(CO)C(O)C1O. The lowest BCUT2D eigenvalue weighted by atomic mass is 9.89. The summed E-state index contributed by atoms with van der Waals surface area (Å²) in [6.07, 6.45) is -11.0. The van der Waals surface area contributed by atoms with Crippen LogP contribution in [0.5, 0.6) is 0 Å². The van der Waals surface area contributed by atoms with Crippen molar-refractivity contribution in [3.8, 4) is 0 Å². The number of hydrogen-bond acceptors (Lipinski definition) is 19. The summed E-state index contributed by atoms with van der Waals surface area (Å²) < 4.78 is 38.1. The summed E-state index contributed by atoms with van der Waals surface area (Å²) in [4.78, 5) is 72.9. The molecule has 10 unspecified atom stereocenters. The Bertz CT molecular complexity index is 1290. The number of nitrogens with one attached hydrogen (secondary N) is 3. The van der Waals surface area contributed by atoms with Crippen molar-refractivity contribution >= 4 is 35.1 Å². The minimum atomic E-state index is -1.52. The van der Waals surface area contributed by atoms with Crippen molar-refractivity contribution in [3.63, 3.8) is 0 Å². The molecule has 9 N–H and O–H groups in total. The highest BCUT2D eigenvalue weighted by Gasteiger charge is 2.46. The first-order valence-corrected chi connectivity index (χ1v) is 19.1. The molecular weight excluding hydrogens is 778 g/mol. The van der Waals surface area contributed by atoms with E-state index in [0.29, 0.717) is 6.42 Å². The molecule has 22 nitrogen and oxygen atoms in total. The summed E-state index contributed by atoms with van der Waals surface area (Å²) in [6.45, 7) is 3.80. The standard InChI is InChI=1S/C36H61N3O19/c1-20(42)25(15-24(46)16-26-30(37-21(2)43)34(50)32(48)27(17-40)57-26)39-29(47)6-8-53-10-12-55-14-13-54-11-9-52-7-4-5-23(45)19-56-36-31(38-22(3)44)35(51)33(49)28(18-41)58-36/h25-28,30-36,40-41,48-51H,4-19H2,1-3H3,(H,37,43)(H,38,44)(H,39,47)/t25-,26?,27?,28?,30?,31?,32?,33?,34?,35?,36?/m0/s1. The van der Waals surface area contributed by atoms with Crippen molar-refractivity contribution in [1.82, 2.24) is 16.0 Å². The van der Waals surface area contributed by atoms with Crippen molar-refractivity contribution in [3.05, 3.63) is 0 Å². The first-order valence-electron chi connectivity index (χ1n) is 19.1. The third kappa shape index (κ3) is 18.4. The lowest BCUT2D eigenvalue weighted by molar-refractivity contribution is -0.268. The highest BCUT2D eigenvalue weighted by atomic mass is 16.7. The van der Waals surface area contributed by atoms with Crippen LogP contribution in [-0.2, 0) is 61.9 Å². The van der Waals surface area contributed by atoms with Gasteiger partial charge in [0, 0.05) is 46.1 Å². The Morgan fingerprint density at radius 3 is 1.64 bits per heavy atom. The second kappa shape index (κ2) is 27.6. The van der Waals surface area contributed by atoms with E-state index in [4.69, 9.17) is 33.2 Å². The number of carbonyl (C=O) groups excluding carboxylic acids is 6. The highest BCUT2D eigenvalue weighted by molar-refractivity contribution is 5.92. The van der Waals surface area contributed by atoms with Gasteiger partial charge in [-0.3, -0.25) is 28.8 Å². The first kappa shape index (κ1) is 51.0. The average molecular weight is 840 g/mol. The largest absolute Gasteiger partial charge is 0.394 e. The third-order valence-electron chi connectivity index (χ3n) is 9.08. The van der Waals surface area contributed by atoms with Crippen LogP contribution in [-0.4, -0.2) is 206 Å². The Morgan fingerprint density at radius 1 is 0.603 bits per heavy atom. The molecule has 58 heavy (non-hydrogen) atoms. The zero-order valence-corrected chi connectivity index (χ0v) is 33.2. The van der Waals surface area contributed by atoms with Crippen LogP contribution in [0.2, 0.25) is 0 Å². The molecule has 2 aliphatic heterocycles. The molecule has 0 radical (unpaired) electrons. The van der Waals surface area contributed by atoms with Gasteiger partial charge in [-0.2, -0.15) is 0 Å². The monoisotopic (exact) mass is 839 g/mol. The van der Waals surface area contributed by atoms with Gasteiger partial charge in [-0.15, -0.1) is 0 Å². The summed E-state index contributed by atoms with van der Waals surface area (Å²) >= 11 is 0. The van der Waals surface area contributed by atoms with E-state index in [1.165, 1.54) is 20.8 Å². The maximum absolute atomic E-state index is 12.9. The van der Waals surface area contributed by atoms with E-state index < -0.39 is 110 Å². The van der Waals surface area contributed by atoms with E-state index in [1.807, 2.05) is 0 Å². The number of amides is 3. The van der Waals surface area contributed by atoms with Gasteiger partial charge in [-0.1, -0.05) is 0 Å². The molecule has 2 saturated heterocycles. The average Bonchev–Trinajstić information content (AvgIpc) is 3.16. The molecule has 0 bridgehead atoms. The van der Waals surface area contributed by atoms with Gasteiger partial charge in [-0.25, -0.2) is 0 Å². The van der Waals surface area contributed by atoms with Crippen LogP contribution in [0.25, 0.3) is 0 Å². The van der Waals surface area contributed by atoms with Crippen LogP contribution in [0.15, 0.2) is 0 Å². The van der Waals surface area contributed by atoms with Gasteiger partial charge in [0.25, 0.3) is 0 Å². The normalized spacial score (nSPS) is 27.7. The summed E-state index contributed by atoms with van der Waals surface area (Å²) in [5, 5.41) is 67.1. The molecule has 2 aliphatic rings. The number of hydrogen-bond donors (Lipinski definition) is 9. The van der Waals surface area contributed by atoms with Gasteiger partial charge in [0.1, 0.15) is 55.1 Å². The molecule has 2 fully saturated rings. The fraction of sp³-hybridized carbons (Fsp3) is 0.833. The Hall–Kier alpha value is -3.10. The van der Waals surface area contributed by atoms with Crippen molar-refractivity contribution in [1.29, 1.82) is 0 Å². The van der Waals surface area contributed by atoms with Crippen molar-refractivity contribution in [2.24, 2.45) is 0 Å². The van der Waals surface area contributed by atoms with Gasteiger partial charge >= 0.3 is 0 Å². The lowest BCUT2D eigenvalue weighted by Crippen LogP contribution is -2.64. The molecule has 2 rings (SSSR count). The predicted octanol–water partition coefficient (Wildman–Crippen LogP) is -4.84. The molecule has 0 saturated carbocycles. The zero-order chi connectivity index (χ0) is 43.2. The van der Waals surface area contributed by atoms with Crippen molar-refractivity contribution in [2.75, 3.05) is 72.7 Å². The van der Waals surface area contributed by atoms with Crippen LogP contribution >= 0.6 is 0 Å². The molecule has 22 heteroatoms. The number of rotatable bonds is 29. The van der Waals surface area contributed by atoms with Crippen LogP contribution in [0, 0.1) is 0 Å². The van der Waals surface area contributed by atoms with E-state index >= 15 is 0 Å². The third-order valence-corrected chi connectivity index (χ3v) is 9.08. The number of ketones is 3. The Morgan fingerprint density at radius 2 is 1.10 bits per heavy atom. The number of Topliss-reactive ketones (excluding diaryl/α,β-unsaturated/α-hetero) is 3. The second-order valence-corrected chi connectivity index (χ2v) is 13.9. The van der Waals surface area contributed by atoms with Crippen molar-refractivity contribution < 1.29 is 92.6 Å². The molecule has 334 valence electrons. The van der Waals surface area contributed by atoms with Gasteiger partial charge in [0.05, 0.1) is 77.6 Å². The predicted molar refractivity (Wildman–Crippen MR) is 196 cm³/mol. The van der Waals surface area contributed by atoms with Crippen LogP contribution < -0.4 is 16.0 Å². The second-order valence-electron chi connectivity index (χ2n) is 13.9. The van der Waals surface area contributed by atoms with Crippen LogP contribution in [0.4, 0.5) is 0 Å². The molecule has 0 aromatic rings. The van der Waals surface area contributed by atoms with Gasteiger partial charge in [-0.05, 0) is 13.3 Å². The van der Waals surface area contributed by atoms with Gasteiger partial charge in [0.2, 0.25) is 17.7 Å². The number of ether oxygens (including phenoxy) is 7. The topological polar surface area (TPSA) is 324 Å². The number of carbonyl (C=O) groups is 6. The molecule has 0 aromatic carbocycles. The molecular formula is C36H61N3O19. The minimum absolute atomic E-state index is 0.0193. The Balaban J connectivity index is 1.50. The Labute approximate surface area is 336 Å². The van der Waals surface area contributed by atoms with Crippen molar-refractivity contribution in [2.45, 2.75) is 120 Å². The number of aliphatic hydroxyl groups excluding tert-OH is 6.